The predicted octanol–water partition coefficient (Wildman–Crippen LogP) is 3.18. The number of rotatable bonds is 6. The lowest BCUT2D eigenvalue weighted by molar-refractivity contribution is 0.259. The molecule has 1 heterocycles. The van der Waals surface area contributed by atoms with Gasteiger partial charge in [-0.1, -0.05) is 19.1 Å². The number of anilines is 1. The molecular weight excluding hydrogens is 278 g/mol. The van der Waals surface area contributed by atoms with Crippen molar-refractivity contribution in [3.05, 3.63) is 53.5 Å². The van der Waals surface area contributed by atoms with Gasteiger partial charge in [0.05, 0.1) is 6.54 Å². The van der Waals surface area contributed by atoms with Crippen molar-refractivity contribution in [2.24, 2.45) is 11.7 Å². The molecular formula is C17H21N3O2. The molecule has 2 aromatic rings. The highest BCUT2D eigenvalue weighted by Crippen LogP contribution is 2.47. The Morgan fingerprint density at radius 1 is 1.23 bits per heavy atom. The SMILES string of the molecule is CC1CC1c1ccc(CNCc2ccc(NC(N)=O)cc2)o1. The second kappa shape index (κ2) is 6.23. The van der Waals surface area contributed by atoms with Crippen LogP contribution in [0.25, 0.3) is 0 Å². The van der Waals surface area contributed by atoms with Crippen LogP contribution in [-0.2, 0) is 13.1 Å². The first-order valence-electron chi connectivity index (χ1n) is 7.56. The van der Waals surface area contributed by atoms with Crippen LogP contribution in [0.3, 0.4) is 0 Å². The van der Waals surface area contributed by atoms with Crippen LogP contribution in [0.5, 0.6) is 0 Å². The Labute approximate surface area is 129 Å². The number of benzene rings is 1. The standard InChI is InChI=1S/C17H21N3O2/c1-11-8-15(11)16-7-6-14(22-16)10-19-9-12-2-4-13(5-3-12)20-17(18)21/h2-7,11,15,19H,8-10H2,1H3,(H3,18,20,21). The van der Waals surface area contributed by atoms with E-state index in [4.69, 9.17) is 10.2 Å². The van der Waals surface area contributed by atoms with Crippen molar-refractivity contribution in [1.29, 1.82) is 0 Å². The van der Waals surface area contributed by atoms with Gasteiger partial charge in [0.25, 0.3) is 0 Å². The van der Waals surface area contributed by atoms with Gasteiger partial charge in [0.15, 0.2) is 0 Å². The topological polar surface area (TPSA) is 80.3 Å². The molecule has 116 valence electrons. The van der Waals surface area contributed by atoms with Gasteiger partial charge in [0.1, 0.15) is 11.5 Å². The van der Waals surface area contributed by atoms with Crippen molar-refractivity contribution >= 4 is 11.7 Å². The van der Waals surface area contributed by atoms with Crippen LogP contribution in [0, 0.1) is 5.92 Å². The number of primary amides is 1. The van der Waals surface area contributed by atoms with E-state index in [9.17, 15) is 4.79 Å². The Hall–Kier alpha value is -2.27. The summed E-state index contributed by atoms with van der Waals surface area (Å²) in [5.41, 5.74) is 6.91. The summed E-state index contributed by atoms with van der Waals surface area (Å²) < 4.78 is 5.85. The number of urea groups is 1. The molecule has 5 heteroatoms. The number of carbonyl (C=O) groups excluding carboxylic acids is 1. The zero-order chi connectivity index (χ0) is 15.5. The minimum Gasteiger partial charge on any atom is -0.464 e. The van der Waals surface area contributed by atoms with Crippen molar-refractivity contribution in [2.45, 2.75) is 32.4 Å². The largest absolute Gasteiger partial charge is 0.464 e. The molecule has 2 amide bonds. The van der Waals surface area contributed by atoms with Crippen LogP contribution >= 0.6 is 0 Å². The van der Waals surface area contributed by atoms with Gasteiger partial charge < -0.3 is 20.8 Å². The molecule has 5 nitrogen and oxygen atoms in total. The second-order valence-corrected chi connectivity index (χ2v) is 5.91. The Bertz CT molecular complexity index is 648. The number of hydrogen-bond donors (Lipinski definition) is 3. The van der Waals surface area contributed by atoms with Gasteiger partial charge in [-0.25, -0.2) is 4.79 Å². The highest BCUT2D eigenvalue weighted by Gasteiger charge is 2.36. The summed E-state index contributed by atoms with van der Waals surface area (Å²) in [5, 5.41) is 5.90. The minimum absolute atomic E-state index is 0.551. The molecule has 2 unspecified atom stereocenters. The molecule has 0 aliphatic heterocycles. The van der Waals surface area contributed by atoms with Crippen molar-refractivity contribution in [3.63, 3.8) is 0 Å². The molecule has 0 spiro atoms. The first-order valence-corrected chi connectivity index (χ1v) is 7.56. The molecule has 1 saturated carbocycles. The van der Waals surface area contributed by atoms with E-state index < -0.39 is 6.03 Å². The molecule has 0 radical (unpaired) electrons. The van der Waals surface area contributed by atoms with Crippen LogP contribution in [0.4, 0.5) is 10.5 Å². The lowest BCUT2D eigenvalue weighted by Crippen LogP contribution is -2.19. The molecule has 3 rings (SSSR count). The maximum absolute atomic E-state index is 10.7. The maximum atomic E-state index is 10.7. The van der Waals surface area contributed by atoms with Gasteiger partial charge in [0.2, 0.25) is 0 Å². The first kappa shape index (κ1) is 14.7. The fourth-order valence-corrected chi connectivity index (χ4v) is 2.59. The van der Waals surface area contributed by atoms with Crippen LogP contribution in [0.1, 0.15) is 36.3 Å². The molecule has 0 saturated heterocycles. The third-order valence-corrected chi connectivity index (χ3v) is 4.01. The van der Waals surface area contributed by atoms with Gasteiger partial charge in [0, 0.05) is 18.2 Å². The molecule has 4 N–H and O–H groups in total. The van der Waals surface area contributed by atoms with Crippen LogP contribution in [-0.4, -0.2) is 6.03 Å². The summed E-state index contributed by atoms with van der Waals surface area (Å²) in [5.74, 6) is 3.48. The van der Waals surface area contributed by atoms with Gasteiger partial charge in [-0.2, -0.15) is 0 Å². The number of carbonyl (C=O) groups is 1. The molecule has 0 bridgehead atoms. The van der Waals surface area contributed by atoms with Gasteiger partial charge in [-0.15, -0.1) is 0 Å². The summed E-state index contributed by atoms with van der Waals surface area (Å²) >= 11 is 0. The fourth-order valence-electron chi connectivity index (χ4n) is 2.59. The number of amides is 2. The number of hydrogen-bond acceptors (Lipinski definition) is 3. The Morgan fingerprint density at radius 3 is 2.59 bits per heavy atom. The zero-order valence-corrected chi connectivity index (χ0v) is 12.6. The van der Waals surface area contributed by atoms with Gasteiger partial charge >= 0.3 is 6.03 Å². The summed E-state index contributed by atoms with van der Waals surface area (Å²) in [6.07, 6.45) is 1.24. The van der Waals surface area contributed by atoms with E-state index in [2.05, 4.69) is 23.6 Å². The third-order valence-electron chi connectivity index (χ3n) is 4.01. The highest BCUT2D eigenvalue weighted by molar-refractivity contribution is 5.87. The van der Waals surface area contributed by atoms with Crippen LogP contribution in [0.15, 0.2) is 40.8 Å². The normalized spacial score (nSPS) is 19.9. The van der Waals surface area contributed by atoms with Crippen LogP contribution < -0.4 is 16.4 Å². The van der Waals surface area contributed by atoms with E-state index in [1.807, 2.05) is 30.3 Å². The Kier molecular flexibility index (Phi) is 4.15. The van der Waals surface area contributed by atoms with Gasteiger partial charge in [-0.05, 0) is 42.2 Å². The Balaban J connectivity index is 1.46. The van der Waals surface area contributed by atoms with E-state index in [1.165, 1.54) is 6.42 Å². The van der Waals surface area contributed by atoms with E-state index in [0.29, 0.717) is 18.2 Å². The molecule has 1 fully saturated rings. The smallest absolute Gasteiger partial charge is 0.316 e. The number of nitrogens with one attached hydrogen (secondary N) is 2. The fraction of sp³-hybridized carbons (Fsp3) is 0.353. The molecule has 1 aliphatic rings. The minimum atomic E-state index is -0.551. The monoisotopic (exact) mass is 299 g/mol. The van der Waals surface area contributed by atoms with E-state index in [1.54, 1.807) is 0 Å². The van der Waals surface area contributed by atoms with E-state index >= 15 is 0 Å². The highest BCUT2D eigenvalue weighted by atomic mass is 16.3. The zero-order valence-electron chi connectivity index (χ0n) is 12.6. The molecule has 22 heavy (non-hydrogen) atoms. The van der Waals surface area contributed by atoms with Crippen LogP contribution in [0.2, 0.25) is 0 Å². The number of furan rings is 1. The summed E-state index contributed by atoms with van der Waals surface area (Å²) in [7, 11) is 0. The lowest BCUT2D eigenvalue weighted by atomic mass is 10.2. The van der Waals surface area contributed by atoms with Crippen molar-refractivity contribution < 1.29 is 9.21 Å². The quantitative estimate of drug-likeness (QED) is 0.766. The summed E-state index contributed by atoms with van der Waals surface area (Å²) in [6, 6.07) is 11.2. The third kappa shape index (κ3) is 3.68. The predicted molar refractivity (Wildman–Crippen MR) is 85.4 cm³/mol. The molecule has 1 aromatic heterocycles. The molecule has 1 aliphatic carbocycles. The van der Waals surface area contributed by atoms with Crippen molar-refractivity contribution in [2.75, 3.05) is 5.32 Å². The van der Waals surface area contributed by atoms with E-state index in [0.717, 1.165) is 29.5 Å². The summed E-state index contributed by atoms with van der Waals surface area (Å²) in [4.78, 5) is 10.7. The van der Waals surface area contributed by atoms with Crippen molar-refractivity contribution in [1.82, 2.24) is 5.32 Å². The molecule has 1 aromatic carbocycles. The van der Waals surface area contributed by atoms with E-state index in [-0.39, 0.29) is 0 Å². The summed E-state index contributed by atoms with van der Waals surface area (Å²) in [6.45, 7) is 3.71. The van der Waals surface area contributed by atoms with Gasteiger partial charge in [-0.3, -0.25) is 0 Å². The average molecular weight is 299 g/mol. The lowest BCUT2D eigenvalue weighted by Gasteiger charge is -2.05. The average Bonchev–Trinajstić information content (AvgIpc) is 3.03. The van der Waals surface area contributed by atoms with Crippen molar-refractivity contribution in [3.8, 4) is 0 Å². The first-order chi connectivity index (χ1) is 10.6. The number of nitrogens with two attached hydrogens (primary N) is 1. The molecule has 2 atom stereocenters. The maximum Gasteiger partial charge on any atom is 0.316 e. The Morgan fingerprint density at radius 2 is 1.95 bits per heavy atom. The second-order valence-electron chi connectivity index (χ2n) is 5.91.